The van der Waals surface area contributed by atoms with Gasteiger partial charge in [-0.2, -0.15) is 0 Å². The molecular weight excluding hydrogens is 246 g/mol. The largest absolute Gasteiger partial charge is 0.351 e. The maximum Gasteiger partial charge on any atom is 0.222 e. The minimum Gasteiger partial charge on any atom is -0.351 e. The molecule has 1 N–H and O–H groups in total. The molecule has 1 unspecified atom stereocenters. The summed E-state index contributed by atoms with van der Waals surface area (Å²) in [5.74, 6) is 0.656. The number of halogens is 1. The summed E-state index contributed by atoms with van der Waals surface area (Å²) in [6.07, 6.45) is 6.49. The predicted octanol–water partition coefficient (Wildman–Crippen LogP) is 3.10. The second kappa shape index (κ2) is 4.94. The van der Waals surface area contributed by atoms with E-state index < -0.39 is 0 Å². The lowest BCUT2D eigenvalue weighted by atomic mass is 9.88. The molecule has 4 heteroatoms. The molecule has 0 fully saturated rings. The molecule has 3 nitrogen and oxygen atoms in total. The number of fused-ring (bicyclic) bond motifs is 1. The average Bonchev–Trinajstić information content (AvgIpc) is 2.41. The topological polar surface area (TPSA) is 37.8 Å². The van der Waals surface area contributed by atoms with Crippen LogP contribution in [-0.2, 0) is 12.8 Å². The van der Waals surface area contributed by atoms with E-state index in [1.54, 1.807) is 12.4 Å². The van der Waals surface area contributed by atoms with Crippen molar-refractivity contribution in [3.63, 3.8) is 0 Å². The molecule has 0 amide bonds. The van der Waals surface area contributed by atoms with Crippen LogP contribution in [0.4, 0.5) is 5.95 Å². The minimum absolute atomic E-state index is 0.404. The lowest BCUT2D eigenvalue weighted by Gasteiger charge is -2.25. The van der Waals surface area contributed by atoms with E-state index in [1.165, 1.54) is 11.1 Å². The predicted molar refractivity (Wildman–Crippen MR) is 72.9 cm³/mol. The first kappa shape index (κ1) is 11.5. The molecule has 1 aromatic carbocycles. The molecule has 0 aliphatic heterocycles. The normalized spacial score (nSPS) is 18.2. The van der Waals surface area contributed by atoms with Gasteiger partial charge in [-0.05, 0) is 30.4 Å². The van der Waals surface area contributed by atoms with E-state index in [2.05, 4.69) is 39.6 Å². The van der Waals surface area contributed by atoms with Crippen LogP contribution in [0, 0.1) is 0 Å². The van der Waals surface area contributed by atoms with Gasteiger partial charge >= 0.3 is 0 Å². The van der Waals surface area contributed by atoms with Gasteiger partial charge in [0.15, 0.2) is 0 Å². The number of hydrogen-bond donors (Lipinski definition) is 1. The Morgan fingerprint density at radius 3 is 2.61 bits per heavy atom. The SMILES string of the molecule is Clc1cnc(NC2CCc3ccccc3C2)nc1. The average molecular weight is 260 g/mol. The number of rotatable bonds is 2. The van der Waals surface area contributed by atoms with Gasteiger partial charge in [0.2, 0.25) is 5.95 Å². The number of nitrogens with one attached hydrogen (secondary N) is 1. The molecule has 1 heterocycles. The summed E-state index contributed by atoms with van der Waals surface area (Å²) >= 11 is 5.77. The van der Waals surface area contributed by atoms with Crippen molar-refractivity contribution >= 4 is 17.5 Å². The van der Waals surface area contributed by atoms with E-state index in [0.717, 1.165) is 19.3 Å². The van der Waals surface area contributed by atoms with Gasteiger partial charge in [-0.1, -0.05) is 35.9 Å². The van der Waals surface area contributed by atoms with E-state index >= 15 is 0 Å². The standard InChI is InChI=1S/C14H14ClN3/c15-12-8-16-14(17-9-12)18-13-6-5-10-3-1-2-4-11(10)7-13/h1-4,8-9,13H,5-7H2,(H,16,17,18). The lowest BCUT2D eigenvalue weighted by molar-refractivity contribution is 0.606. The Kier molecular flexibility index (Phi) is 3.15. The first-order chi connectivity index (χ1) is 8.81. The minimum atomic E-state index is 0.404. The molecule has 18 heavy (non-hydrogen) atoms. The highest BCUT2D eigenvalue weighted by atomic mass is 35.5. The number of aromatic nitrogens is 2. The van der Waals surface area contributed by atoms with Crippen LogP contribution in [0.3, 0.4) is 0 Å². The summed E-state index contributed by atoms with van der Waals surface area (Å²) in [4.78, 5) is 8.35. The quantitative estimate of drug-likeness (QED) is 0.901. The fourth-order valence-corrected chi connectivity index (χ4v) is 2.49. The van der Waals surface area contributed by atoms with Crippen molar-refractivity contribution < 1.29 is 0 Å². The fraction of sp³-hybridized carbons (Fsp3) is 0.286. The van der Waals surface area contributed by atoms with Crippen molar-refractivity contribution in [3.8, 4) is 0 Å². The zero-order valence-electron chi connectivity index (χ0n) is 9.94. The van der Waals surface area contributed by atoms with Crippen molar-refractivity contribution in [1.82, 2.24) is 9.97 Å². The zero-order chi connectivity index (χ0) is 12.4. The Bertz CT molecular complexity index is 539. The highest BCUT2D eigenvalue weighted by molar-refractivity contribution is 6.30. The number of hydrogen-bond acceptors (Lipinski definition) is 3. The van der Waals surface area contributed by atoms with E-state index in [-0.39, 0.29) is 0 Å². The molecule has 0 saturated carbocycles. The van der Waals surface area contributed by atoms with Gasteiger partial charge in [0.1, 0.15) is 0 Å². The number of anilines is 1. The molecule has 1 aliphatic carbocycles. The summed E-state index contributed by atoms with van der Waals surface area (Å²) in [5.41, 5.74) is 2.89. The molecule has 2 aromatic rings. The molecule has 92 valence electrons. The molecule has 1 aliphatic rings. The number of benzene rings is 1. The number of aryl methyl sites for hydroxylation is 1. The van der Waals surface area contributed by atoms with Crippen molar-refractivity contribution in [2.24, 2.45) is 0 Å². The first-order valence-electron chi connectivity index (χ1n) is 6.12. The molecule has 3 rings (SSSR count). The van der Waals surface area contributed by atoms with Crippen LogP contribution < -0.4 is 5.32 Å². The van der Waals surface area contributed by atoms with Crippen LogP contribution in [0.25, 0.3) is 0 Å². The third kappa shape index (κ3) is 2.46. The summed E-state index contributed by atoms with van der Waals surface area (Å²) in [7, 11) is 0. The van der Waals surface area contributed by atoms with Gasteiger partial charge in [0.05, 0.1) is 17.4 Å². The van der Waals surface area contributed by atoms with E-state index in [4.69, 9.17) is 11.6 Å². The maximum atomic E-state index is 5.77. The van der Waals surface area contributed by atoms with Crippen molar-refractivity contribution in [2.75, 3.05) is 5.32 Å². The maximum absolute atomic E-state index is 5.77. The third-order valence-corrected chi connectivity index (χ3v) is 3.50. The highest BCUT2D eigenvalue weighted by Crippen LogP contribution is 2.22. The van der Waals surface area contributed by atoms with Crippen molar-refractivity contribution in [1.29, 1.82) is 0 Å². The van der Waals surface area contributed by atoms with E-state index in [9.17, 15) is 0 Å². The third-order valence-electron chi connectivity index (χ3n) is 3.30. The Hall–Kier alpha value is -1.61. The smallest absolute Gasteiger partial charge is 0.222 e. The van der Waals surface area contributed by atoms with E-state index in [1.807, 2.05) is 0 Å². The van der Waals surface area contributed by atoms with Gasteiger partial charge in [-0.15, -0.1) is 0 Å². The van der Waals surface area contributed by atoms with Gasteiger partial charge in [-0.3, -0.25) is 0 Å². The van der Waals surface area contributed by atoms with Gasteiger partial charge in [0.25, 0.3) is 0 Å². The van der Waals surface area contributed by atoms with Crippen molar-refractivity contribution in [3.05, 3.63) is 52.8 Å². The van der Waals surface area contributed by atoms with Gasteiger partial charge < -0.3 is 5.32 Å². The highest BCUT2D eigenvalue weighted by Gasteiger charge is 2.18. The first-order valence-corrected chi connectivity index (χ1v) is 6.50. The second-order valence-electron chi connectivity index (χ2n) is 4.58. The number of nitrogens with zero attached hydrogens (tertiary/aromatic N) is 2. The molecule has 1 atom stereocenters. The van der Waals surface area contributed by atoms with E-state index in [0.29, 0.717) is 17.0 Å². The zero-order valence-corrected chi connectivity index (χ0v) is 10.7. The molecule has 0 saturated heterocycles. The van der Waals surface area contributed by atoms with Crippen LogP contribution in [-0.4, -0.2) is 16.0 Å². The van der Waals surface area contributed by atoms with Gasteiger partial charge in [-0.25, -0.2) is 9.97 Å². The Morgan fingerprint density at radius 1 is 1.11 bits per heavy atom. The van der Waals surface area contributed by atoms with Crippen LogP contribution >= 0.6 is 11.6 Å². The molecular formula is C14H14ClN3. The van der Waals surface area contributed by atoms with Crippen LogP contribution in [0.2, 0.25) is 5.02 Å². The molecule has 0 spiro atoms. The molecule has 0 radical (unpaired) electrons. The summed E-state index contributed by atoms with van der Waals surface area (Å²) < 4.78 is 0. The summed E-state index contributed by atoms with van der Waals surface area (Å²) in [6, 6.07) is 9.02. The van der Waals surface area contributed by atoms with Crippen molar-refractivity contribution in [2.45, 2.75) is 25.3 Å². The monoisotopic (exact) mass is 259 g/mol. The summed E-state index contributed by atoms with van der Waals surface area (Å²) in [6.45, 7) is 0. The second-order valence-corrected chi connectivity index (χ2v) is 5.01. The van der Waals surface area contributed by atoms with Crippen LogP contribution in [0.5, 0.6) is 0 Å². The molecule has 1 aromatic heterocycles. The Labute approximate surface area is 111 Å². The summed E-state index contributed by atoms with van der Waals surface area (Å²) in [5, 5.41) is 3.93. The Morgan fingerprint density at radius 2 is 1.83 bits per heavy atom. The van der Waals surface area contributed by atoms with Crippen LogP contribution in [0.15, 0.2) is 36.7 Å². The fourth-order valence-electron chi connectivity index (χ4n) is 2.39. The Balaban J connectivity index is 1.71. The molecule has 0 bridgehead atoms. The lowest BCUT2D eigenvalue weighted by Crippen LogP contribution is -2.28. The van der Waals surface area contributed by atoms with Crippen LogP contribution in [0.1, 0.15) is 17.5 Å². The van der Waals surface area contributed by atoms with Gasteiger partial charge in [0, 0.05) is 6.04 Å².